The first-order valence-corrected chi connectivity index (χ1v) is 5.07. The molecule has 1 aromatic rings. The summed E-state index contributed by atoms with van der Waals surface area (Å²) in [7, 11) is 0. The summed E-state index contributed by atoms with van der Waals surface area (Å²) < 4.78 is 0. The van der Waals surface area contributed by atoms with E-state index in [2.05, 4.69) is 0 Å². The lowest BCUT2D eigenvalue weighted by Gasteiger charge is -1.89. The fraction of sp³-hybridized carbons (Fsp3) is 0.385. The quantitative estimate of drug-likeness (QED) is 0.662. The molecule has 2 nitrogen and oxygen atoms in total. The monoisotopic (exact) mass is 208 g/mol. The molecule has 0 saturated heterocycles. The van der Waals surface area contributed by atoms with Crippen LogP contribution in [0.3, 0.4) is 0 Å². The van der Waals surface area contributed by atoms with Gasteiger partial charge in [0.15, 0.2) is 5.78 Å². The molecular formula is C13H20O2. The Balaban J connectivity index is 0. The number of carbonyl (C=O) groups excluding carboxylic acids is 2. The van der Waals surface area contributed by atoms with Crippen molar-refractivity contribution in [3.63, 3.8) is 0 Å². The Morgan fingerprint density at radius 1 is 0.867 bits per heavy atom. The molecule has 1 rings (SSSR count). The third kappa shape index (κ3) is 12.6. The van der Waals surface area contributed by atoms with E-state index < -0.39 is 0 Å². The molecule has 0 radical (unpaired) electrons. The lowest BCUT2D eigenvalue weighted by molar-refractivity contribution is -0.114. The summed E-state index contributed by atoms with van der Waals surface area (Å²) in [6, 6.07) is 9.23. The molecule has 0 aliphatic rings. The van der Waals surface area contributed by atoms with Crippen LogP contribution in [0, 0.1) is 0 Å². The molecule has 0 heterocycles. The zero-order valence-corrected chi connectivity index (χ0v) is 10.2. The van der Waals surface area contributed by atoms with Gasteiger partial charge in [0.25, 0.3) is 0 Å². The van der Waals surface area contributed by atoms with Crippen molar-refractivity contribution < 1.29 is 9.59 Å². The first kappa shape index (κ1) is 16.0. The van der Waals surface area contributed by atoms with Crippen molar-refractivity contribution in [2.24, 2.45) is 0 Å². The van der Waals surface area contributed by atoms with Crippen molar-refractivity contribution in [2.45, 2.75) is 34.6 Å². The third-order valence-corrected chi connectivity index (χ3v) is 1.18. The summed E-state index contributed by atoms with van der Waals surface area (Å²) in [5.74, 6) is 0.288. The van der Waals surface area contributed by atoms with Crippen LogP contribution in [0.5, 0.6) is 0 Å². The van der Waals surface area contributed by atoms with E-state index in [1.54, 1.807) is 6.92 Å². The van der Waals surface area contributed by atoms with Crippen molar-refractivity contribution in [1.82, 2.24) is 0 Å². The molecule has 15 heavy (non-hydrogen) atoms. The number of carbonyl (C=O) groups is 2. The Hall–Kier alpha value is -1.44. The zero-order valence-electron chi connectivity index (χ0n) is 10.2. The van der Waals surface area contributed by atoms with Gasteiger partial charge in [-0.1, -0.05) is 44.2 Å². The van der Waals surface area contributed by atoms with Gasteiger partial charge in [0.1, 0.15) is 5.78 Å². The number of hydrogen-bond donors (Lipinski definition) is 0. The smallest absolute Gasteiger partial charge is 0.159 e. The molecule has 0 saturated carbocycles. The maximum atomic E-state index is 10.6. The number of rotatable bonds is 1. The molecule has 0 bridgehead atoms. The second-order valence-electron chi connectivity index (χ2n) is 2.83. The second-order valence-corrected chi connectivity index (χ2v) is 2.83. The van der Waals surface area contributed by atoms with E-state index in [4.69, 9.17) is 0 Å². The van der Waals surface area contributed by atoms with Crippen LogP contribution >= 0.6 is 0 Å². The zero-order chi connectivity index (χ0) is 12.3. The standard InChI is InChI=1S/C8H8O.C3H6O.C2H6/c1-7(9)8-5-3-2-4-6-8;1-3(2)4;1-2/h2-6H,1H3;1-2H3;1-2H3. The first-order chi connectivity index (χ1) is 7.04. The number of hydrogen-bond acceptors (Lipinski definition) is 2. The normalized spacial score (nSPS) is 7.53. The topological polar surface area (TPSA) is 34.1 Å². The number of Topliss-reactive ketones (excluding diaryl/α,β-unsaturated/α-hetero) is 2. The molecule has 0 aliphatic carbocycles. The summed E-state index contributed by atoms with van der Waals surface area (Å²) in [4.78, 5) is 20.1. The highest BCUT2D eigenvalue weighted by Gasteiger charge is 1.92. The molecule has 0 fully saturated rings. The molecule has 0 amide bonds. The van der Waals surface area contributed by atoms with Crippen LogP contribution in [-0.2, 0) is 4.79 Å². The van der Waals surface area contributed by atoms with E-state index in [9.17, 15) is 9.59 Å². The van der Waals surface area contributed by atoms with Crippen LogP contribution in [0.15, 0.2) is 30.3 Å². The van der Waals surface area contributed by atoms with Gasteiger partial charge in [-0.2, -0.15) is 0 Å². The predicted octanol–water partition coefficient (Wildman–Crippen LogP) is 3.51. The highest BCUT2D eigenvalue weighted by molar-refractivity contribution is 5.93. The van der Waals surface area contributed by atoms with Gasteiger partial charge in [-0.3, -0.25) is 4.79 Å². The van der Waals surface area contributed by atoms with Crippen LogP contribution in [0.2, 0.25) is 0 Å². The largest absolute Gasteiger partial charge is 0.300 e. The van der Waals surface area contributed by atoms with E-state index in [0.717, 1.165) is 5.56 Å². The molecule has 0 aromatic heterocycles. The van der Waals surface area contributed by atoms with Crippen LogP contribution < -0.4 is 0 Å². The summed E-state index contributed by atoms with van der Waals surface area (Å²) >= 11 is 0. The maximum Gasteiger partial charge on any atom is 0.159 e. The highest BCUT2D eigenvalue weighted by atomic mass is 16.1. The SMILES string of the molecule is CC.CC(=O)c1ccccc1.CC(C)=O. The molecule has 0 atom stereocenters. The van der Waals surface area contributed by atoms with Crippen LogP contribution in [0.4, 0.5) is 0 Å². The second kappa shape index (κ2) is 10.6. The summed E-state index contributed by atoms with van der Waals surface area (Å²) in [5, 5.41) is 0. The molecular weight excluding hydrogens is 188 g/mol. The molecule has 2 heteroatoms. The summed E-state index contributed by atoms with van der Waals surface area (Å²) in [6.07, 6.45) is 0. The van der Waals surface area contributed by atoms with Gasteiger partial charge < -0.3 is 4.79 Å². The Labute approximate surface area is 92.3 Å². The Kier molecular flexibility index (Phi) is 11.4. The van der Waals surface area contributed by atoms with Crippen LogP contribution in [-0.4, -0.2) is 11.6 Å². The van der Waals surface area contributed by atoms with Crippen molar-refractivity contribution in [1.29, 1.82) is 0 Å². The summed E-state index contributed by atoms with van der Waals surface area (Å²) in [5.41, 5.74) is 0.775. The molecule has 0 aliphatic heterocycles. The van der Waals surface area contributed by atoms with Gasteiger partial charge in [0, 0.05) is 5.56 Å². The molecule has 0 N–H and O–H groups in total. The van der Waals surface area contributed by atoms with E-state index in [0.29, 0.717) is 0 Å². The van der Waals surface area contributed by atoms with E-state index in [-0.39, 0.29) is 11.6 Å². The maximum absolute atomic E-state index is 10.6. The van der Waals surface area contributed by atoms with E-state index in [1.807, 2.05) is 44.2 Å². The Bertz CT molecular complexity index is 272. The number of benzene rings is 1. The van der Waals surface area contributed by atoms with E-state index >= 15 is 0 Å². The van der Waals surface area contributed by atoms with E-state index in [1.165, 1.54) is 13.8 Å². The molecule has 0 spiro atoms. The van der Waals surface area contributed by atoms with Gasteiger partial charge in [-0.05, 0) is 20.8 Å². The average molecular weight is 208 g/mol. The van der Waals surface area contributed by atoms with Crippen molar-refractivity contribution in [2.75, 3.05) is 0 Å². The molecule has 0 unspecified atom stereocenters. The minimum atomic E-state index is 0.121. The average Bonchev–Trinajstić information content (AvgIpc) is 2.21. The first-order valence-electron chi connectivity index (χ1n) is 5.07. The lowest BCUT2D eigenvalue weighted by Crippen LogP contribution is -1.88. The minimum Gasteiger partial charge on any atom is -0.300 e. The molecule has 84 valence electrons. The fourth-order valence-electron chi connectivity index (χ4n) is 0.673. The Morgan fingerprint density at radius 2 is 1.20 bits per heavy atom. The van der Waals surface area contributed by atoms with Gasteiger partial charge in [-0.15, -0.1) is 0 Å². The van der Waals surface area contributed by atoms with Crippen molar-refractivity contribution >= 4 is 11.6 Å². The van der Waals surface area contributed by atoms with Gasteiger partial charge >= 0.3 is 0 Å². The predicted molar refractivity (Wildman–Crippen MR) is 64.1 cm³/mol. The summed E-state index contributed by atoms with van der Waals surface area (Å²) in [6.45, 7) is 8.62. The third-order valence-electron chi connectivity index (χ3n) is 1.18. The highest BCUT2D eigenvalue weighted by Crippen LogP contribution is 1.97. The van der Waals surface area contributed by atoms with Crippen LogP contribution in [0.1, 0.15) is 45.0 Å². The van der Waals surface area contributed by atoms with Crippen LogP contribution in [0.25, 0.3) is 0 Å². The Morgan fingerprint density at radius 3 is 1.40 bits per heavy atom. The fourth-order valence-corrected chi connectivity index (χ4v) is 0.673. The lowest BCUT2D eigenvalue weighted by atomic mass is 10.2. The van der Waals surface area contributed by atoms with Crippen molar-refractivity contribution in [3.8, 4) is 0 Å². The van der Waals surface area contributed by atoms with Crippen molar-refractivity contribution in [3.05, 3.63) is 35.9 Å². The number of ketones is 2. The van der Waals surface area contributed by atoms with Gasteiger partial charge in [0.05, 0.1) is 0 Å². The van der Waals surface area contributed by atoms with Gasteiger partial charge in [-0.25, -0.2) is 0 Å². The minimum absolute atomic E-state index is 0.121. The molecule has 1 aromatic carbocycles. The van der Waals surface area contributed by atoms with Gasteiger partial charge in [0.2, 0.25) is 0 Å².